The number of allylic oxidation sites excluding steroid dienone is 4. The molecule has 0 aliphatic heterocycles. The average Bonchev–Trinajstić information content (AvgIpc) is 2.87. The maximum absolute atomic E-state index is 2.45. The predicted molar refractivity (Wildman–Crippen MR) is 135 cm³/mol. The Bertz CT molecular complexity index is 1350. The Morgan fingerprint density at radius 2 is 0.812 bits per heavy atom. The molecule has 154 valence electrons. The Hall–Kier alpha value is -3.64. The van der Waals surface area contributed by atoms with Gasteiger partial charge in [-0.05, 0) is 45.9 Å². The normalized spacial score (nSPS) is 23.9. The van der Waals surface area contributed by atoms with E-state index in [-0.39, 0.29) is 10.8 Å². The molecule has 2 atom stereocenters. The van der Waals surface area contributed by atoms with Crippen LogP contribution >= 0.6 is 0 Å². The van der Waals surface area contributed by atoms with Gasteiger partial charge in [0.15, 0.2) is 0 Å². The molecule has 4 aromatic rings. The number of hydrogen-bond donors (Lipinski definition) is 0. The third kappa shape index (κ3) is 2.22. The highest BCUT2D eigenvalue weighted by Gasteiger charge is 2.72. The molecular weight excluding hydrogens is 384 g/mol. The van der Waals surface area contributed by atoms with Crippen LogP contribution < -0.4 is 0 Å². The van der Waals surface area contributed by atoms with Gasteiger partial charge in [0.05, 0.1) is 5.41 Å². The van der Waals surface area contributed by atoms with Crippen molar-refractivity contribution < 1.29 is 0 Å². The predicted octanol–water partition coefficient (Wildman–Crippen LogP) is 8.04. The fourth-order valence-corrected chi connectivity index (χ4v) is 6.43. The van der Waals surface area contributed by atoms with Gasteiger partial charge < -0.3 is 0 Å². The summed E-state index contributed by atoms with van der Waals surface area (Å²) in [7, 11) is 0. The van der Waals surface area contributed by atoms with Crippen molar-refractivity contribution in [2.75, 3.05) is 0 Å². The maximum atomic E-state index is 2.45. The SMILES string of the molecule is CC1=C(c2ccccc2)C2(c3ccccc3)C(c3ccccc3)=C(c3ccccc3)C12C. The lowest BCUT2D eigenvalue weighted by Gasteiger charge is -2.70. The third-order valence-electron chi connectivity index (χ3n) is 7.77. The van der Waals surface area contributed by atoms with Gasteiger partial charge in [-0.15, -0.1) is 0 Å². The molecule has 0 radical (unpaired) electrons. The summed E-state index contributed by atoms with van der Waals surface area (Å²) in [4.78, 5) is 0. The van der Waals surface area contributed by atoms with E-state index in [0.29, 0.717) is 0 Å². The first-order valence-corrected chi connectivity index (χ1v) is 11.4. The van der Waals surface area contributed by atoms with Crippen LogP contribution in [0.25, 0.3) is 16.7 Å². The van der Waals surface area contributed by atoms with Gasteiger partial charge in [-0.25, -0.2) is 0 Å². The zero-order valence-corrected chi connectivity index (χ0v) is 18.5. The van der Waals surface area contributed by atoms with Gasteiger partial charge in [0.2, 0.25) is 0 Å². The summed E-state index contributed by atoms with van der Waals surface area (Å²) in [6, 6.07) is 44.1. The maximum Gasteiger partial charge on any atom is 0.0597 e. The summed E-state index contributed by atoms with van der Waals surface area (Å²) >= 11 is 0. The molecule has 0 heterocycles. The molecule has 0 bridgehead atoms. The van der Waals surface area contributed by atoms with Gasteiger partial charge in [-0.3, -0.25) is 0 Å². The second-order valence-corrected chi connectivity index (χ2v) is 9.09. The van der Waals surface area contributed by atoms with Crippen molar-refractivity contribution in [3.63, 3.8) is 0 Å². The van der Waals surface area contributed by atoms with Crippen molar-refractivity contribution in [1.29, 1.82) is 0 Å². The van der Waals surface area contributed by atoms with E-state index in [2.05, 4.69) is 135 Å². The first-order valence-electron chi connectivity index (χ1n) is 11.4. The van der Waals surface area contributed by atoms with Crippen molar-refractivity contribution >= 4 is 16.7 Å². The molecule has 0 fully saturated rings. The van der Waals surface area contributed by atoms with Crippen LogP contribution in [0.3, 0.4) is 0 Å². The lowest BCUT2D eigenvalue weighted by Crippen LogP contribution is -2.62. The van der Waals surface area contributed by atoms with Gasteiger partial charge in [-0.1, -0.05) is 134 Å². The molecule has 0 spiro atoms. The monoisotopic (exact) mass is 410 g/mol. The van der Waals surface area contributed by atoms with Crippen LogP contribution in [0.2, 0.25) is 0 Å². The van der Waals surface area contributed by atoms with Gasteiger partial charge in [0.1, 0.15) is 0 Å². The topological polar surface area (TPSA) is 0 Å². The third-order valence-corrected chi connectivity index (χ3v) is 7.77. The van der Waals surface area contributed by atoms with Crippen LogP contribution in [0.1, 0.15) is 36.1 Å². The smallest absolute Gasteiger partial charge is 0.0597 e. The molecule has 0 nitrogen and oxygen atoms in total. The second kappa shape index (κ2) is 6.93. The molecule has 0 N–H and O–H groups in total. The van der Waals surface area contributed by atoms with Crippen LogP contribution in [0.5, 0.6) is 0 Å². The fourth-order valence-electron chi connectivity index (χ4n) is 6.43. The summed E-state index contributed by atoms with van der Waals surface area (Å²) in [6.45, 7) is 4.80. The van der Waals surface area contributed by atoms with Crippen molar-refractivity contribution in [2.24, 2.45) is 5.41 Å². The number of fused-ring (bicyclic) bond motifs is 1. The minimum absolute atomic E-state index is 0.0495. The van der Waals surface area contributed by atoms with E-state index in [9.17, 15) is 0 Å². The molecule has 0 amide bonds. The zero-order valence-electron chi connectivity index (χ0n) is 18.5. The highest BCUT2D eigenvalue weighted by Crippen LogP contribution is 2.81. The van der Waals surface area contributed by atoms with Crippen LogP contribution in [0.15, 0.2) is 127 Å². The number of benzene rings is 4. The Kier molecular flexibility index (Phi) is 4.13. The van der Waals surface area contributed by atoms with Gasteiger partial charge in [0, 0.05) is 5.41 Å². The zero-order chi connectivity index (χ0) is 21.8. The van der Waals surface area contributed by atoms with Gasteiger partial charge in [-0.2, -0.15) is 0 Å². The van der Waals surface area contributed by atoms with E-state index < -0.39 is 0 Å². The minimum atomic E-state index is -0.160. The van der Waals surface area contributed by atoms with E-state index in [4.69, 9.17) is 0 Å². The average molecular weight is 411 g/mol. The summed E-state index contributed by atoms with van der Waals surface area (Å²) < 4.78 is 0. The Balaban J connectivity index is 1.73. The standard InChI is InChI=1S/C32H26/c1-23-28(24-15-7-3-8-16-24)32(27-21-13-6-14-22-27)30(26-19-11-5-12-20-26)29(31(23,32)2)25-17-9-4-10-18-25/h3-22H,1-2H3. The molecule has 2 aliphatic rings. The molecule has 32 heavy (non-hydrogen) atoms. The van der Waals surface area contributed by atoms with Crippen molar-refractivity contribution in [3.8, 4) is 0 Å². The van der Waals surface area contributed by atoms with Crippen molar-refractivity contribution in [2.45, 2.75) is 19.3 Å². The number of rotatable bonds is 4. The first-order chi connectivity index (χ1) is 15.7. The molecule has 0 saturated carbocycles. The summed E-state index contributed by atoms with van der Waals surface area (Å²) in [5.74, 6) is 0. The van der Waals surface area contributed by atoms with E-state index >= 15 is 0 Å². The summed E-state index contributed by atoms with van der Waals surface area (Å²) in [5.41, 5.74) is 11.0. The Morgan fingerprint density at radius 1 is 0.438 bits per heavy atom. The number of hydrogen-bond acceptors (Lipinski definition) is 0. The lowest BCUT2D eigenvalue weighted by molar-refractivity contribution is 0.323. The quantitative estimate of drug-likeness (QED) is 0.319. The van der Waals surface area contributed by atoms with Crippen LogP contribution in [0, 0.1) is 5.41 Å². The van der Waals surface area contributed by atoms with Crippen LogP contribution in [-0.2, 0) is 5.41 Å². The molecule has 6 rings (SSSR count). The Morgan fingerprint density at radius 3 is 1.28 bits per heavy atom. The van der Waals surface area contributed by atoms with E-state index in [0.717, 1.165) is 0 Å². The Labute approximate surface area is 190 Å². The molecular formula is C32H26. The molecule has 4 aromatic carbocycles. The second-order valence-electron chi connectivity index (χ2n) is 9.09. The molecule has 0 aromatic heterocycles. The van der Waals surface area contributed by atoms with Crippen LogP contribution in [0.4, 0.5) is 0 Å². The minimum Gasteiger partial charge on any atom is -0.0622 e. The van der Waals surface area contributed by atoms with Crippen molar-refractivity contribution in [1.82, 2.24) is 0 Å². The van der Waals surface area contributed by atoms with E-state index in [1.54, 1.807) is 0 Å². The molecule has 2 unspecified atom stereocenters. The van der Waals surface area contributed by atoms with E-state index in [1.165, 1.54) is 44.5 Å². The highest BCUT2D eigenvalue weighted by atomic mass is 14.7. The molecule has 2 aliphatic carbocycles. The highest BCUT2D eigenvalue weighted by molar-refractivity contribution is 6.20. The lowest BCUT2D eigenvalue weighted by atomic mass is 9.31. The van der Waals surface area contributed by atoms with E-state index in [1.807, 2.05) is 0 Å². The van der Waals surface area contributed by atoms with Gasteiger partial charge >= 0.3 is 0 Å². The van der Waals surface area contributed by atoms with Crippen LogP contribution in [-0.4, -0.2) is 0 Å². The fraction of sp³-hybridized carbons (Fsp3) is 0.125. The first kappa shape index (κ1) is 19.1. The molecule has 0 saturated heterocycles. The van der Waals surface area contributed by atoms with Crippen molar-refractivity contribution in [3.05, 3.63) is 149 Å². The largest absolute Gasteiger partial charge is 0.0622 e. The van der Waals surface area contributed by atoms with Gasteiger partial charge in [0.25, 0.3) is 0 Å². The summed E-state index contributed by atoms with van der Waals surface area (Å²) in [6.07, 6.45) is 0. The molecule has 0 heteroatoms. The summed E-state index contributed by atoms with van der Waals surface area (Å²) in [5, 5.41) is 0.